The van der Waals surface area contributed by atoms with Crippen molar-refractivity contribution in [3.63, 3.8) is 0 Å². The fraction of sp³-hybridized carbons (Fsp3) is 0.462. The molecule has 0 spiro atoms. The summed E-state index contributed by atoms with van der Waals surface area (Å²) in [6.07, 6.45) is 2.88. The van der Waals surface area contributed by atoms with E-state index >= 15 is 0 Å². The predicted molar refractivity (Wildman–Crippen MR) is 69.7 cm³/mol. The van der Waals surface area contributed by atoms with E-state index in [0.29, 0.717) is 17.3 Å². The first-order chi connectivity index (χ1) is 8.01. The summed E-state index contributed by atoms with van der Waals surface area (Å²) in [7, 11) is 0. The van der Waals surface area contributed by atoms with Crippen molar-refractivity contribution in [1.82, 2.24) is 0 Å². The van der Waals surface area contributed by atoms with Gasteiger partial charge < -0.3 is 10.5 Å². The summed E-state index contributed by atoms with van der Waals surface area (Å²) in [5, 5.41) is 0. The molecular weight excluding hydrogens is 237 g/mol. The van der Waals surface area contributed by atoms with Gasteiger partial charge in [-0.25, -0.2) is 4.39 Å². The van der Waals surface area contributed by atoms with Gasteiger partial charge in [-0.3, -0.25) is 0 Å². The van der Waals surface area contributed by atoms with Gasteiger partial charge in [-0.2, -0.15) is 0 Å². The van der Waals surface area contributed by atoms with Crippen molar-refractivity contribution in [3.8, 4) is 5.75 Å². The highest BCUT2D eigenvalue weighted by Crippen LogP contribution is 2.49. The van der Waals surface area contributed by atoms with Crippen molar-refractivity contribution in [1.29, 1.82) is 0 Å². The van der Waals surface area contributed by atoms with E-state index in [4.69, 9.17) is 22.7 Å². The topological polar surface area (TPSA) is 35.2 Å². The van der Waals surface area contributed by atoms with Crippen LogP contribution in [0.2, 0.25) is 0 Å². The van der Waals surface area contributed by atoms with Crippen molar-refractivity contribution in [2.24, 2.45) is 11.1 Å². The SMILES string of the molecule is Cc1ccc(F)cc1OCC1(CC(N)=S)CC1. The van der Waals surface area contributed by atoms with E-state index in [1.165, 1.54) is 12.1 Å². The maximum Gasteiger partial charge on any atom is 0.126 e. The van der Waals surface area contributed by atoms with Gasteiger partial charge in [-0.1, -0.05) is 18.3 Å². The van der Waals surface area contributed by atoms with Gasteiger partial charge in [0.25, 0.3) is 0 Å². The molecule has 0 radical (unpaired) electrons. The summed E-state index contributed by atoms with van der Waals surface area (Å²) < 4.78 is 18.8. The molecule has 1 aliphatic carbocycles. The zero-order valence-corrected chi connectivity index (χ0v) is 10.6. The van der Waals surface area contributed by atoms with Gasteiger partial charge in [0.1, 0.15) is 11.6 Å². The molecule has 0 heterocycles. The smallest absolute Gasteiger partial charge is 0.126 e. The monoisotopic (exact) mass is 253 g/mol. The molecule has 0 bridgehead atoms. The summed E-state index contributed by atoms with van der Waals surface area (Å²) in [6, 6.07) is 4.58. The Morgan fingerprint density at radius 2 is 2.24 bits per heavy atom. The predicted octanol–water partition coefficient (Wildman–Crippen LogP) is 2.97. The van der Waals surface area contributed by atoms with Crippen LogP contribution < -0.4 is 10.5 Å². The second kappa shape index (κ2) is 4.61. The number of hydrogen-bond donors (Lipinski definition) is 1. The highest BCUT2D eigenvalue weighted by atomic mass is 32.1. The third-order valence-corrected chi connectivity index (χ3v) is 3.33. The second-order valence-electron chi connectivity index (χ2n) is 4.84. The highest BCUT2D eigenvalue weighted by Gasteiger charge is 2.43. The fourth-order valence-corrected chi connectivity index (χ4v) is 2.18. The normalized spacial score (nSPS) is 16.6. The molecule has 4 heteroatoms. The number of aryl methyl sites for hydroxylation is 1. The minimum absolute atomic E-state index is 0.102. The van der Waals surface area contributed by atoms with Crippen LogP contribution in [0.3, 0.4) is 0 Å². The van der Waals surface area contributed by atoms with Crippen molar-refractivity contribution in [2.45, 2.75) is 26.2 Å². The summed E-state index contributed by atoms with van der Waals surface area (Å²) in [6.45, 7) is 2.47. The molecule has 1 aromatic rings. The number of nitrogens with two attached hydrogens (primary N) is 1. The first-order valence-electron chi connectivity index (χ1n) is 5.68. The lowest BCUT2D eigenvalue weighted by Crippen LogP contribution is -2.21. The van der Waals surface area contributed by atoms with Crippen LogP contribution >= 0.6 is 12.2 Å². The molecular formula is C13H16FNOS. The third-order valence-electron chi connectivity index (χ3n) is 3.19. The molecule has 17 heavy (non-hydrogen) atoms. The largest absolute Gasteiger partial charge is 0.493 e. The Morgan fingerprint density at radius 3 is 2.82 bits per heavy atom. The molecule has 0 atom stereocenters. The van der Waals surface area contributed by atoms with Gasteiger partial charge >= 0.3 is 0 Å². The number of ether oxygens (including phenoxy) is 1. The molecule has 2 rings (SSSR count). The molecule has 0 unspecified atom stereocenters. The quantitative estimate of drug-likeness (QED) is 0.819. The van der Waals surface area contributed by atoms with Crippen LogP contribution in [0.1, 0.15) is 24.8 Å². The molecule has 92 valence electrons. The maximum atomic E-state index is 13.1. The van der Waals surface area contributed by atoms with Gasteiger partial charge in [0, 0.05) is 17.9 Å². The zero-order valence-electron chi connectivity index (χ0n) is 9.83. The summed E-state index contributed by atoms with van der Waals surface area (Å²) >= 11 is 4.92. The van der Waals surface area contributed by atoms with Crippen molar-refractivity contribution in [3.05, 3.63) is 29.6 Å². The molecule has 2 N–H and O–H groups in total. The van der Waals surface area contributed by atoms with Gasteiger partial charge in [0.2, 0.25) is 0 Å². The van der Waals surface area contributed by atoms with Crippen LogP contribution in [0.4, 0.5) is 4.39 Å². The summed E-state index contributed by atoms with van der Waals surface area (Å²) in [4.78, 5) is 0.530. The zero-order chi connectivity index (χ0) is 12.5. The number of benzene rings is 1. The van der Waals surface area contributed by atoms with Gasteiger partial charge in [-0.05, 0) is 31.4 Å². The van der Waals surface area contributed by atoms with Crippen LogP contribution in [0, 0.1) is 18.2 Å². The van der Waals surface area contributed by atoms with E-state index in [1.807, 2.05) is 6.92 Å². The third kappa shape index (κ3) is 3.16. The minimum atomic E-state index is -0.273. The first-order valence-corrected chi connectivity index (χ1v) is 6.09. The molecule has 0 saturated heterocycles. The van der Waals surface area contributed by atoms with Crippen LogP contribution in [0.15, 0.2) is 18.2 Å². The lowest BCUT2D eigenvalue weighted by molar-refractivity contribution is 0.237. The molecule has 2 nitrogen and oxygen atoms in total. The Hall–Kier alpha value is -1.16. The van der Waals surface area contributed by atoms with Crippen LogP contribution in [-0.2, 0) is 0 Å². The summed E-state index contributed by atoms with van der Waals surface area (Å²) in [5.41, 5.74) is 6.60. The van der Waals surface area contributed by atoms with E-state index < -0.39 is 0 Å². The van der Waals surface area contributed by atoms with Crippen molar-refractivity contribution in [2.75, 3.05) is 6.61 Å². The fourth-order valence-electron chi connectivity index (χ4n) is 1.88. The van der Waals surface area contributed by atoms with Crippen molar-refractivity contribution < 1.29 is 9.13 Å². The highest BCUT2D eigenvalue weighted by molar-refractivity contribution is 7.80. The Morgan fingerprint density at radius 1 is 1.53 bits per heavy atom. The number of rotatable bonds is 5. The average Bonchev–Trinajstić information content (AvgIpc) is 2.99. The van der Waals surface area contributed by atoms with E-state index in [9.17, 15) is 4.39 Å². The summed E-state index contributed by atoms with van der Waals surface area (Å²) in [5.74, 6) is 0.337. The van der Waals surface area contributed by atoms with Crippen molar-refractivity contribution >= 4 is 17.2 Å². The van der Waals surface area contributed by atoms with Gasteiger partial charge in [-0.15, -0.1) is 0 Å². The van der Waals surface area contributed by atoms with E-state index in [0.717, 1.165) is 24.8 Å². The Labute approximate surface area is 106 Å². The van der Waals surface area contributed by atoms with E-state index in [1.54, 1.807) is 6.07 Å². The first kappa shape index (κ1) is 12.3. The number of halogens is 1. The minimum Gasteiger partial charge on any atom is -0.493 e. The lowest BCUT2D eigenvalue weighted by Gasteiger charge is -2.16. The van der Waals surface area contributed by atoms with E-state index in [2.05, 4.69) is 0 Å². The number of hydrogen-bond acceptors (Lipinski definition) is 2. The molecule has 1 saturated carbocycles. The molecule has 1 aromatic carbocycles. The number of thiocarbonyl (C=S) groups is 1. The lowest BCUT2D eigenvalue weighted by atomic mass is 10.0. The molecule has 0 aromatic heterocycles. The molecule has 1 fully saturated rings. The van der Waals surface area contributed by atoms with Gasteiger partial charge in [0.05, 0.1) is 11.6 Å². The Balaban J connectivity index is 1.98. The molecule has 0 aliphatic heterocycles. The average molecular weight is 253 g/mol. The molecule has 0 amide bonds. The van der Waals surface area contributed by atoms with Gasteiger partial charge in [0.15, 0.2) is 0 Å². The molecule has 1 aliphatic rings. The van der Waals surface area contributed by atoms with E-state index in [-0.39, 0.29) is 11.2 Å². The Bertz CT molecular complexity index is 443. The maximum absolute atomic E-state index is 13.1. The van der Waals surface area contributed by atoms with Crippen LogP contribution in [0.5, 0.6) is 5.75 Å². The second-order valence-corrected chi connectivity index (χ2v) is 5.37. The standard InChI is InChI=1S/C13H16FNOS/c1-9-2-3-10(14)6-11(9)16-8-13(4-5-13)7-12(15)17/h2-3,6H,4-5,7-8H2,1H3,(H2,15,17). The van der Waals surface area contributed by atoms with Crippen LogP contribution in [-0.4, -0.2) is 11.6 Å². The Kier molecular flexibility index (Phi) is 3.33. The van der Waals surface area contributed by atoms with Crippen LogP contribution in [0.25, 0.3) is 0 Å².